The number of aromatic nitrogens is 1. The van der Waals surface area contributed by atoms with Crippen molar-refractivity contribution in [2.75, 3.05) is 12.3 Å². The van der Waals surface area contributed by atoms with Gasteiger partial charge >= 0.3 is 0 Å². The molecule has 15 heavy (non-hydrogen) atoms. The number of hydrogen-bond donors (Lipinski definition) is 2. The Morgan fingerprint density at radius 1 is 1.47 bits per heavy atom. The van der Waals surface area contributed by atoms with Gasteiger partial charge in [-0.05, 0) is 20.8 Å². The molecule has 1 heterocycles. The lowest BCUT2D eigenvalue weighted by Gasteiger charge is -2.13. The first-order valence-electron chi connectivity index (χ1n) is 4.98. The summed E-state index contributed by atoms with van der Waals surface area (Å²) in [7, 11) is 0. The zero-order valence-corrected chi connectivity index (χ0v) is 11.2. The second-order valence-corrected chi connectivity index (χ2v) is 6.39. The van der Waals surface area contributed by atoms with E-state index in [1.54, 1.807) is 11.3 Å². The van der Waals surface area contributed by atoms with Crippen LogP contribution in [0.5, 0.6) is 0 Å². The molecular formula is C10H19N3S2. The summed E-state index contributed by atoms with van der Waals surface area (Å²) in [6.45, 7) is 6.80. The highest BCUT2D eigenvalue weighted by atomic mass is 32.2. The second kappa shape index (κ2) is 5.30. The number of nitrogens with two attached hydrogens (primary N) is 2. The Bertz CT molecular complexity index is 315. The summed E-state index contributed by atoms with van der Waals surface area (Å²) < 4.78 is 0. The van der Waals surface area contributed by atoms with E-state index in [-0.39, 0.29) is 5.54 Å². The smallest absolute Gasteiger partial charge is 0.112 e. The first-order valence-corrected chi connectivity index (χ1v) is 6.95. The van der Waals surface area contributed by atoms with Crippen molar-refractivity contribution in [2.45, 2.75) is 32.1 Å². The maximum Gasteiger partial charge on any atom is 0.112 e. The summed E-state index contributed by atoms with van der Waals surface area (Å²) in [6.07, 6.45) is 0. The molecule has 0 aliphatic rings. The van der Waals surface area contributed by atoms with Crippen LogP contribution in [0.4, 0.5) is 0 Å². The minimum atomic E-state index is -0.327. The van der Waals surface area contributed by atoms with Gasteiger partial charge in [0.2, 0.25) is 0 Å². The van der Waals surface area contributed by atoms with Crippen molar-refractivity contribution in [2.24, 2.45) is 11.5 Å². The average molecular weight is 245 g/mol. The van der Waals surface area contributed by atoms with E-state index in [0.717, 1.165) is 28.8 Å². The van der Waals surface area contributed by atoms with Crippen molar-refractivity contribution in [1.29, 1.82) is 0 Å². The molecule has 1 rings (SSSR count). The largest absolute Gasteiger partial charge is 0.330 e. The molecule has 0 fully saturated rings. The van der Waals surface area contributed by atoms with Crippen LogP contribution in [0.3, 0.4) is 0 Å². The molecule has 0 saturated heterocycles. The third kappa shape index (κ3) is 3.75. The first-order chi connectivity index (χ1) is 6.95. The molecule has 0 spiro atoms. The zero-order chi connectivity index (χ0) is 11.5. The van der Waals surface area contributed by atoms with E-state index in [4.69, 9.17) is 11.5 Å². The fourth-order valence-electron chi connectivity index (χ4n) is 1.09. The number of thioether (sulfide) groups is 1. The van der Waals surface area contributed by atoms with Gasteiger partial charge in [-0.3, -0.25) is 0 Å². The molecule has 1 aromatic rings. The lowest BCUT2D eigenvalue weighted by Crippen LogP contribution is -2.28. The van der Waals surface area contributed by atoms with E-state index < -0.39 is 0 Å². The van der Waals surface area contributed by atoms with Crippen molar-refractivity contribution in [3.05, 3.63) is 15.6 Å². The van der Waals surface area contributed by atoms with Gasteiger partial charge < -0.3 is 11.5 Å². The van der Waals surface area contributed by atoms with Crippen LogP contribution in [0.1, 0.15) is 29.4 Å². The zero-order valence-electron chi connectivity index (χ0n) is 9.54. The number of nitrogens with zero attached hydrogens (tertiary/aromatic N) is 1. The summed E-state index contributed by atoms with van der Waals surface area (Å²) >= 11 is 3.52. The predicted molar refractivity (Wildman–Crippen MR) is 69.3 cm³/mol. The van der Waals surface area contributed by atoms with E-state index >= 15 is 0 Å². The SMILES string of the molecule is Cc1sc(C(C)(C)N)nc1CSCCN. The predicted octanol–water partition coefficient (Wildman–Crippen LogP) is 1.84. The van der Waals surface area contributed by atoms with Crippen LogP contribution in [-0.4, -0.2) is 17.3 Å². The first kappa shape index (κ1) is 13.0. The minimum absolute atomic E-state index is 0.327. The molecule has 5 heteroatoms. The van der Waals surface area contributed by atoms with Gasteiger partial charge in [-0.25, -0.2) is 4.98 Å². The number of rotatable bonds is 5. The fraction of sp³-hybridized carbons (Fsp3) is 0.700. The molecule has 1 aromatic heterocycles. The van der Waals surface area contributed by atoms with Crippen LogP contribution in [0.2, 0.25) is 0 Å². The summed E-state index contributed by atoms with van der Waals surface area (Å²) in [5.41, 5.74) is 12.3. The van der Waals surface area contributed by atoms with E-state index in [0.29, 0.717) is 0 Å². The molecule has 0 unspecified atom stereocenters. The summed E-state index contributed by atoms with van der Waals surface area (Å²) in [5.74, 6) is 1.92. The molecule has 0 aromatic carbocycles. The molecule has 0 saturated carbocycles. The third-order valence-corrected chi connectivity index (χ3v) is 4.30. The molecule has 0 radical (unpaired) electrons. The molecule has 0 aliphatic heterocycles. The highest BCUT2D eigenvalue weighted by molar-refractivity contribution is 7.98. The molecule has 0 amide bonds. The summed E-state index contributed by atoms with van der Waals surface area (Å²) in [5, 5.41) is 1.02. The van der Waals surface area contributed by atoms with E-state index in [9.17, 15) is 0 Å². The van der Waals surface area contributed by atoms with E-state index in [1.165, 1.54) is 4.88 Å². The van der Waals surface area contributed by atoms with Crippen molar-refractivity contribution in [3.8, 4) is 0 Å². The minimum Gasteiger partial charge on any atom is -0.330 e. The van der Waals surface area contributed by atoms with Crippen molar-refractivity contribution >= 4 is 23.1 Å². The van der Waals surface area contributed by atoms with Crippen LogP contribution < -0.4 is 11.5 Å². The topological polar surface area (TPSA) is 64.9 Å². The molecule has 86 valence electrons. The van der Waals surface area contributed by atoms with E-state index in [2.05, 4.69) is 11.9 Å². The van der Waals surface area contributed by atoms with Gasteiger partial charge in [0.05, 0.1) is 11.2 Å². The maximum atomic E-state index is 6.01. The van der Waals surface area contributed by atoms with Crippen LogP contribution in [-0.2, 0) is 11.3 Å². The number of aryl methyl sites for hydroxylation is 1. The molecule has 0 atom stereocenters. The average Bonchev–Trinajstić information content (AvgIpc) is 2.48. The second-order valence-electron chi connectivity index (χ2n) is 4.08. The molecule has 3 nitrogen and oxygen atoms in total. The van der Waals surface area contributed by atoms with Gasteiger partial charge in [-0.2, -0.15) is 11.8 Å². The Labute approximate surface area is 99.6 Å². The van der Waals surface area contributed by atoms with Gasteiger partial charge in [0.1, 0.15) is 5.01 Å². The van der Waals surface area contributed by atoms with Gasteiger partial charge in [-0.15, -0.1) is 11.3 Å². The Kier molecular flexibility index (Phi) is 4.58. The van der Waals surface area contributed by atoms with E-state index in [1.807, 2.05) is 25.6 Å². The Hall–Kier alpha value is -0.100. The maximum absolute atomic E-state index is 6.01. The van der Waals surface area contributed by atoms with Gasteiger partial charge in [-0.1, -0.05) is 0 Å². The lowest BCUT2D eigenvalue weighted by molar-refractivity contribution is 0.549. The van der Waals surface area contributed by atoms with Crippen LogP contribution in [0.25, 0.3) is 0 Å². The van der Waals surface area contributed by atoms with Gasteiger partial charge in [0, 0.05) is 22.9 Å². The monoisotopic (exact) mass is 245 g/mol. The summed E-state index contributed by atoms with van der Waals surface area (Å²) in [6, 6.07) is 0. The van der Waals surface area contributed by atoms with Crippen LogP contribution in [0, 0.1) is 6.92 Å². The molecule has 0 aliphatic carbocycles. The van der Waals surface area contributed by atoms with Gasteiger partial charge in [0.15, 0.2) is 0 Å². The van der Waals surface area contributed by atoms with Crippen molar-refractivity contribution in [1.82, 2.24) is 4.98 Å². The third-order valence-electron chi connectivity index (χ3n) is 1.94. The number of hydrogen-bond acceptors (Lipinski definition) is 5. The molecular weight excluding hydrogens is 226 g/mol. The lowest BCUT2D eigenvalue weighted by atomic mass is 10.1. The molecule has 0 bridgehead atoms. The Morgan fingerprint density at radius 3 is 2.60 bits per heavy atom. The summed E-state index contributed by atoms with van der Waals surface area (Å²) in [4.78, 5) is 5.86. The quantitative estimate of drug-likeness (QED) is 0.777. The normalized spacial score (nSPS) is 12.1. The van der Waals surface area contributed by atoms with Gasteiger partial charge in [0.25, 0.3) is 0 Å². The molecule has 4 N–H and O–H groups in total. The highest BCUT2D eigenvalue weighted by Crippen LogP contribution is 2.27. The fourth-order valence-corrected chi connectivity index (χ4v) is 2.91. The van der Waals surface area contributed by atoms with Crippen molar-refractivity contribution < 1.29 is 0 Å². The van der Waals surface area contributed by atoms with Crippen LogP contribution >= 0.6 is 23.1 Å². The standard InChI is InChI=1S/C10H19N3S2/c1-7-8(6-14-5-4-11)13-9(15-7)10(2,3)12/h4-6,11-12H2,1-3H3. The number of thiazole rings is 1. The highest BCUT2D eigenvalue weighted by Gasteiger charge is 2.20. The van der Waals surface area contributed by atoms with Crippen LogP contribution in [0.15, 0.2) is 0 Å². The van der Waals surface area contributed by atoms with Crippen molar-refractivity contribution in [3.63, 3.8) is 0 Å². The Balaban J connectivity index is 2.69. The Morgan fingerprint density at radius 2 is 2.13 bits per heavy atom.